The van der Waals surface area contributed by atoms with E-state index in [9.17, 15) is 14.4 Å². The molecule has 2 rings (SSSR count). The van der Waals surface area contributed by atoms with Crippen LogP contribution in [0.15, 0.2) is 4.79 Å². The number of methoxy groups -OCH3 is 1. The van der Waals surface area contributed by atoms with Gasteiger partial charge in [0.1, 0.15) is 5.69 Å². The Morgan fingerprint density at radius 2 is 2.00 bits per heavy atom. The minimum Gasteiger partial charge on any atom is -0.469 e. The van der Waals surface area contributed by atoms with Crippen LogP contribution < -0.4 is 16.6 Å². The number of carbonyl (C=O) groups is 2. The first-order chi connectivity index (χ1) is 11.0. The second-order valence-corrected chi connectivity index (χ2v) is 5.70. The highest BCUT2D eigenvalue weighted by Gasteiger charge is 2.27. The van der Waals surface area contributed by atoms with Gasteiger partial charge >= 0.3 is 5.97 Å². The molecule has 0 radical (unpaired) electrons. The summed E-state index contributed by atoms with van der Waals surface area (Å²) in [4.78, 5) is 37.3. The molecule has 1 amide bonds. The Hall–Kier alpha value is -2.45. The van der Waals surface area contributed by atoms with Crippen molar-refractivity contribution < 1.29 is 14.3 Å². The zero-order valence-electron chi connectivity index (χ0n) is 13.0. The van der Waals surface area contributed by atoms with Crippen LogP contribution in [0.2, 0.25) is 0 Å². The highest BCUT2D eigenvalue weighted by molar-refractivity contribution is 5.78. The topological polar surface area (TPSA) is 140 Å². The van der Waals surface area contributed by atoms with Crippen molar-refractivity contribution in [2.75, 3.05) is 12.8 Å². The summed E-state index contributed by atoms with van der Waals surface area (Å²) in [5.74, 6) is -0.213. The first-order valence-corrected chi connectivity index (χ1v) is 7.55. The van der Waals surface area contributed by atoms with Crippen molar-refractivity contribution >= 4 is 17.8 Å². The number of anilines is 1. The molecule has 0 bridgehead atoms. The molecule has 0 spiro atoms. The Bertz CT molecular complexity index is 622. The Kier molecular flexibility index (Phi) is 5.67. The van der Waals surface area contributed by atoms with E-state index in [1.165, 1.54) is 7.11 Å². The molecule has 9 heteroatoms. The zero-order chi connectivity index (χ0) is 16.8. The number of hydrogen-bond acceptors (Lipinski definition) is 7. The summed E-state index contributed by atoms with van der Waals surface area (Å²) in [5.41, 5.74) is 4.97. The molecule has 23 heavy (non-hydrogen) atoms. The number of nitrogens with two attached hydrogens (primary N) is 1. The van der Waals surface area contributed by atoms with Gasteiger partial charge in [-0.05, 0) is 31.6 Å². The molecule has 1 aliphatic rings. The minimum absolute atomic E-state index is 0.0174. The monoisotopic (exact) mass is 323 g/mol. The van der Waals surface area contributed by atoms with Gasteiger partial charge < -0.3 is 15.8 Å². The third kappa shape index (κ3) is 4.76. The van der Waals surface area contributed by atoms with Gasteiger partial charge in [0.05, 0.1) is 13.7 Å². The summed E-state index contributed by atoms with van der Waals surface area (Å²) in [6.07, 6.45) is 3.47. The average Bonchev–Trinajstić information content (AvgIpc) is 2.54. The molecular formula is C14H21N5O4. The van der Waals surface area contributed by atoms with E-state index in [1.54, 1.807) is 0 Å². The molecular weight excluding hydrogens is 302 g/mol. The second kappa shape index (κ2) is 7.70. The lowest BCUT2D eigenvalue weighted by atomic mass is 9.80. The van der Waals surface area contributed by atoms with E-state index in [-0.39, 0.29) is 41.9 Å². The van der Waals surface area contributed by atoms with Crippen LogP contribution in [-0.2, 0) is 20.9 Å². The van der Waals surface area contributed by atoms with E-state index >= 15 is 0 Å². The van der Waals surface area contributed by atoms with Crippen LogP contribution in [0.4, 0.5) is 5.95 Å². The summed E-state index contributed by atoms with van der Waals surface area (Å²) in [5, 5.41) is 9.92. The molecule has 0 aliphatic heterocycles. The molecule has 0 unspecified atom stereocenters. The number of nitrogens with one attached hydrogen (secondary N) is 2. The maximum absolute atomic E-state index is 12.1. The predicted molar refractivity (Wildman–Crippen MR) is 81.0 cm³/mol. The van der Waals surface area contributed by atoms with Gasteiger partial charge in [-0.3, -0.25) is 19.4 Å². The second-order valence-electron chi connectivity index (χ2n) is 5.70. The fraction of sp³-hybridized carbons (Fsp3) is 0.643. The highest BCUT2D eigenvalue weighted by Crippen LogP contribution is 2.31. The molecule has 1 fully saturated rings. The van der Waals surface area contributed by atoms with Gasteiger partial charge in [-0.25, -0.2) is 0 Å². The highest BCUT2D eigenvalue weighted by atomic mass is 16.5. The van der Waals surface area contributed by atoms with E-state index in [1.807, 2.05) is 0 Å². The van der Waals surface area contributed by atoms with Gasteiger partial charge in [0.15, 0.2) is 0 Å². The van der Waals surface area contributed by atoms with Crippen molar-refractivity contribution in [1.29, 1.82) is 0 Å². The van der Waals surface area contributed by atoms with Gasteiger partial charge in [0, 0.05) is 12.3 Å². The third-order valence-electron chi connectivity index (χ3n) is 4.11. The number of H-pyrrole nitrogens is 1. The van der Waals surface area contributed by atoms with E-state index in [0.29, 0.717) is 6.42 Å². The van der Waals surface area contributed by atoms with Crippen molar-refractivity contribution in [3.8, 4) is 0 Å². The lowest BCUT2D eigenvalue weighted by Crippen LogP contribution is -2.35. The predicted octanol–water partition coefficient (Wildman–Crippen LogP) is -0.267. The van der Waals surface area contributed by atoms with Crippen LogP contribution in [-0.4, -0.2) is 34.2 Å². The van der Waals surface area contributed by atoms with Gasteiger partial charge in [0.2, 0.25) is 11.9 Å². The number of aromatic nitrogens is 3. The summed E-state index contributed by atoms with van der Waals surface area (Å²) in [7, 11) is 1.38. The van der Waals surface area contributed by atoms with Crippen molar-refractivity contribution in [3.05, 3.63) is 16.0 Å². The molecule has 1 saturated carbocycles. The number of aromatic amines is 1. The SMILES string of the molecule is COC(=O)CC1CCC(C(=O)NCc2nnc(N)[nH]c2=O)CC1. The largest absolute Gasteiger partial charge is 0.469 e. The molecule has 126 valence electrons. The van der Waals surface area contributed by atoms with Crippen molar-refractivity contribution in [3.63, 3.8) is 0 Å². The van der Waals surface area contributed by atoms with Gasteiger partial charge in [0.25, 0.3) is 5.56 Å². The summed E-state index contributed by atoms with van der Waals surface area (Å²) >= 11 is 0. The fourth-order valence-corrected chi connectivity index (χ4v) is 2.75. The van der Waals surface area contributed by atoms with Crippen LogP contribution in [0.3, 0.4) is 0 Å². The van der Waals surface area contributed by atoms with E-state index in [4.69, 9.17) is 5.73 Å². The number of ether oxygens (including phenoxy) is 1. The van der Waals surface area contributed by atoms with Gasteiger partial charge in [-0.15, -0.1) is 10.2 Å². The quantitative estimate of drug-likeness (QED) is 0.634. The first-order valence-electron chi connectivity index (χ1n) is 7.55. The molecule has 1 aromatic heterocycles. The smallest absolute Gasteiger partial charge is 0.305 e. The maximum Gasteiger partial charge on any atom is 0.305 e. The third-order valence-corrected chi connectivity index (χ3v) is 4.11. The summed E-state index contributed by atoms with van der Waals surface area (Å²) in [6.45, 7) is 0.0174. The van der Waals surface area contributed by atoms with Crippen LogP contribution >= 0.6 is 0 Å². The zero-order valence-corrected chi connectivity index (χ0v) is 13.0. The van der Waals surface area contributed by atoms with Crippen LogP contribution in [0.5, 0.6) is 0 Å². The maximum atomic E-state index is 12.1. The Morgan fingerprint density at radius 1 is 1.30 bits per heavy atom. The minimum atomic E-state index is -0.459. The number of amides is 1. The molecule has 1 aliphatic carbocycles. The molecule has 0 aromatic carbocycles. The normalized spacial score (nSPS) is 20.7. The molecule has 0 atom stereocenters. The van der Waals surface area contributed by atoms with Crippen LogP contribution in [0.1, 0.15) is 37.8 Å². The van der Waals surface area contributed by atoms with Crippen molar-refractivity contribution in [1.82, 2.24) is 20.5 Å². The number of nitrogen functional groups attached to an aromatic ring is 1. The Morgan fingerprint density at radius 3 is 2.61 bits per heavy atom. The lowest BCUT2D eigenvalue weighted by molar-refractivity contribution is -0.142. The lowest BCUT2D eigenvalue weighted by Gasteiger charge is -2.27. The van der Waals surface area contributed by atoms with E-state index in [2.05, 4.69) is 25.2 Å². The number of carbonyl (C=O) groups excluding carboxylic acids is 2. The summed E-state index contributed by atoms with van der Waals surface area (Å²) in [6, 6.07) is 0. The van der Waals surface area contributed by atoms with Gasteiger partial charge in [-0.2, -0.15) is 0 Å². The fourth-order valence-electron chi connectivity index (χ4n) is 2.75. The van der Waals surface area contributed by atoms with E-state index in [0.717, 1.165) is 25.7 Å². The van der Waals surface area contributed by atoms with E-state index < -0.39 is 5.56 Å². The molecule has 4 N–H and O–H groups in total. The van der Waals surface area contributed by atoms with Crippen molar-refractivity contribution in [2.45, 2.75) is 38.6 Å². The molecule has 9 nitrogen and oxygen atoms in total. The van der Waals surface area contributed by atoms with Crippen molar-refractivity contribution in [2.24, 2.45) is 11.8 Å². The number of esters is 1. The Balaban J connectivity index is 1.79. The number of hydrogen-bond donors (Lipinski definition) is 3. The first kappa shape index (κ1) is 16.9. The van der Waals surface area contributed by atoms with Crippen LogP contribution in [0, 0.1) is 11.8 Å². The number of rotatable bonds is 5. The standard InChI is InChI=1S/C14H21N5O4/c1-23-11(20)6-8-2-4-9(5-3-8)12(21)16-7-10-13(22)17-14(15)19-18-10/h8-9H,2-7H2,1H3,(H,16,21)(H3,15,17,19,22). The molecule has 1 heterocycles. The molecule has 1 aromatic rings. The molecule has 0 saturated heterocycles. The number of nitrogens with zero attached hydrogens (tertiary/aromatic N) is 2. The van der Waals surface area contributed by atoms with Crippen LogP contribution in [0.25, 0.3) is 0 Å². The van der Waals surface area contributed by atoms with Gasteiger partial charge in [-0.1, -0.05) is 0 Å². The summed E-state index contributed by atoms with van der Waals surface area (Å²) < 4.78 is 4.66. The average molecular weight is 323 g/mol. The Labute approximate surface area is 133 Å².